The first kappa shape index (κ1) is 16.0. The largest absolute Gasteiger partial charge is 0.310 e. The van der Waals surface area contributed by atoms with E-state index in [1.165, 1.54) is 11.1 Å². The van der Waals surface area contributed by atoms with Gasteiger partial charge in [0.1, 0.15) is 0 Å². The Hall–Kier alpha value is -0.350. The summed E-state index contributed by atoms with van der Waals surface area (Å²) in [5.41, 5.74) is 2.54. The molecule has 0 radical (unpaired) electrons. The Bertz CT molecular complexity index is 549. The van der Waals surface area contributed by atoms with Crippen molar-refractivity contribution >= 4 is 43.5 Å². The standard InChI is InChI=1S/C16H16Br2ClN/c1-2-20-16(7-11-3-5-15(19)6-4-11)12-8-13(17)10-14(18)9-12/h3-6,8-10,16,20H,2,7H2,1H3. The molecule has 0 aliphatic carbocycles. The van der Waals surface area contributed by atoms with Crippen LogP contribution in [0.2, 0.25) is 5.02 Å². The lowest BCUT2D eigenvalue weighted by atomic mass is 9.99. The fourth-order valence-corrected chi connectivity index (χ4v) is 3.64. The molecule has 0 saturated heterocycles. The van der Waals surface area contributed by atoms with Gasteiger partial charge in [0.15, 0.2) is 0 Å². The Morgan fingerprint density at radius 3 is 2.20 bits per heavy atom. The van der Waals surface area contributed by atoms with E-state index in [9.17, 15) is 0 Å². The maximum atomic E-state index is 5.94. The summed E-state index contributed by atoms with van der Waals surface area (Å²) in [4.78, 5) is 0. The maximum absolute atomic E-state index is 5.94. The summed E-state index contributed by atoms with van der Waals surface area (Å²) >= 11 is 13.0. The molecule has 1 nitrogen and oxygen atoms in total. The summed E-state index contributed by atoms with van der Waals surface area (Å²) in [7, 11) is 0. The van der Waals surface area contributed by atoms with Crippen molar-refractivity contribution in [2.45, 2.75) is 19.4 Å². The highest BCUT2D eigenvalue weighted by molar-refractivity contribution is 9.11. The van der Waals surface area contributed by atoms with E-state index in [0.29, 0.717) is 0 Å². The molecule has 2 aromatic carbocycles. The van der Waals surface area contributed by atoms with Crippen LogP contribution in [-0.2, 0) is 6.42 Å². The summed E-state index contributed by atoms with van der Waals surface area (Å²) in [5, 5.41) is 4.32. The third-order valence-corrected chi connectivity index (χ3v) is 4.26. The topological polar surface area (TPSA) is 12.0 Å². The lowest BCUT2D eigenvalue weighted by molar-refractivity contribution is 0.549. The molecule has 2 rings (SSSR count). The molecule has 0 fully saturated rings. The smallest absolute Gasteiger partial charge is 0.0406 e. The van der Waals surface area contributed by atoms with E-state index in [1.54, 1.807) is 0 Å². The van der Waals surface area contributed by atoms with Crippen LogP contribution < -0.4 is 5.32 Å². The second kappa shape index (κ2) is 7.60. The predicted octanol–water partition coefficient (Wildman–Crippen LogP) is 5.76. The minimum Gasteiger partial charge on any atom is -0.310 e. The average Bonchev–Trinajstić information content (AvgIpc) is 2.39. The predicted molar refractivity (Wildman–Crippen MR) is 93.4 cm³/mol. The molecule has 0 aromatic heterocycles. The second-order valence-electron chi connectivity index (χ2n) is 4.64. The fourth-order valence-electron chi connectivity index (χ4n) is 2.19. The van der Waals surface area contributed by atoms with Crippen molar-refractivity contribution < 1.29 is 0 Å². The zero-order chi connectivity index (χ0) is 14.5. The molecule has 0 saturated carbocycles. The van der Waals surface area contributed by atoms with Crippen LogP contribution in [-0.4, -0.2) is 6.54 Å². The van der Waals surface area contributed by atoms with E-state index >= 15 is 0 Å². The molecule has 106 valence electrons. The van der Waals surface area contributed by atoms with Crippen LogP contribution in [0, 0.1) is 0 Å². The number of hydrogen-bond acceptors (Lipinski definition) is 1. The quantitative estimate of drug-likeness (QED) is 0.652. The number of rotatable bonds is 5. The van der Waals surface area contributed by atoms with Gasteiger partial charge in [-0.3, -0.25) is 0 Å². The summed E-state index contributed by atoms with van der Waals surface area (Å²) in [6.07, 6.45) is 0.938. The average molecular weight is 418 g/mol. The Morgan fingerprint density at radius 2 is 1.65 bits per heavy atom. The highest BCUT2D eigenvalue weighted by atomic mass is 79.9. The van der Waals surface area contributed by atoms with Crippen LogP contribution in [0.1, 0.15) is 24.1 Å². The monoisotopic (exact) mass is 415 g/mol. The zero-order valence-corrected chi connectivity index (χ0v) is 15.1. The molecule has 0 aliphatic heterocycles. The van der Waals surface area contributed by atoms with Gasteiger partial charge in [-0.1, -0.05) is 62.5 Å². The summed E-state index contributed by atoms with van der Waals surface area (Å²) in [6, 6.07) is 14.7. The van der Waals surface area contributed by atoms with Gasteiger partial charge in [0, 0.05) is 20.0 Å². The summed E-state index contributed by atoms with van der Waals surface area (Å²) < 4.78 is 2.17. The normalized spacial score (nSPS) is 12.4. The van der Waals surface area contributed by atoms with E-state index in [0.717, 1.165) is 26.9 Å². The van der Waals surface area contributed by atoms with Crippen LogP contribution in [0.4, 0.5) is 0 Å². The Morgan fingerprint density at radius 1 is 1.05 bits per heavy atom. The molecule has 20 heavy (non-hydrogen) atoms. The first-order valence-corrected chi connectivity index (χ1v) is 8.48. The maximum Gasteiger partial charge on any atom is 0.0406 e. The number of halogens is 3. The van der Waals surface area contributed by atoms with Crippen molar-refractivity contribution in [2.24, 2.45) is 0 Å². The van der Waals surface area contributed by atoms with Gasteiger partial charge in [-0.05, 0) is 54.4 Å². The van der Waals surface area contributed by atoms with Gasteiger partial charge < -0.3 is 5.32 Å². The zero-order valence-electron chi connectivity index (χ0n) is 11.2. The van der Waals surface area contributed by atoms with Crippen LogP contribution in [0.15, 0.2) is 51.4 Å². The molecule has 1 atom stereocenters. The van der Waals surface area contributed by atoms with Gasteiger partial charge >= 0.3 is 0 Å². The van der Waals surface area contributed by atoms with E-state index in [2.05, 4.69) is 74.4 Å². The number of benzene rings is 2. The molecule has 0 amide bonds. The second-order valence-corrected chi connectivity index (χ2v) is 6.91. The minimum atomic E-state index is 0.287. The van der Waals surface area contributed by atoms with E-state index in [1.807, 2.05) is 12.1 Å². The molecule has 4 heteroatoms. The molecule has 0 aliphatic rings. The van der Waals surface area contributed by atoms with Gasteiger partial charge in [0.25, 0.3) is 0 Å². The molecule has 1 N–H and O–H groups in total. The van der Waals surface area contributed by atoms with Gasteiger partial charge in [0.05, 0.1) is 0 Å². The van der Waals surface area contributed by atoms with E-state index in [4.69, 9.17) is 11.6 Å². The lowest BCUT2D eigenvalue weighted by Gasteiger charge is -2.19. The first-order valence-electron chi connectivity index (χ1n) is 6.52. The third-order valence-electron chi connectivity index (χ3n) is 3.09. The first-order chi connectivity index (χ1) is 9.58. The molecule has 2 aromatic rings. The minimum absolute atomic E-state index is 0.287. The molecular weight excluding hydrogens is 401 g/mol. The van der Waals surface area contributed by atoms with Gasteiger partial charge in [0.2, 0.25) is 0 Å². The Labute approximate surface area is 142 Å². The molecule has 0 spiro atoms. The van der Waals surface area contributed by atoms with Gasteiger partial charge in [-0.2, -0.15) is 0 Å². The SMILES string of the molecule is CCNC(Cc1ccc(Cl)cc1)c1cc(Br)cc(Br)c1. The lowest BCUT2D eigenvalue weighted by Crippen LogP contribution is -2.23. The number of nitrogens with one attached hydrogen (secondary N) is 1. The van der Waals surface area contributed by atoms with Crippen molar-refractivity contribution in [2.75, 3.05) is 6.54 Å². The number of likely N-dealkylation sites (N-methyl/N-ethyl adjacent to an activating group) is 1. The van der Waals surface area contributed by atoms with Crippen molar-refractivity contribution in [1.29, 1.82) is 0 Å². The van der Waals surface area contributed by atoms with Crippen LogP contribution >= 0.6 is 43.5 Å². The van der Waals surface area contributed by atoms with Crippen molar-refractivity contribution in [3.05, 3.63) is 67.6 Å². The van der Waals surface area contributed by atoms with Crippen LogP contribution in [0.3, 0.4) is 0 Å². The van der Waals surface area contributed by atoms with E-state index in [-0.39, 0.29) is 6.04 Å². The van der Waals surface area contributed by atoms with E-state index < -0.39 is 0 Å². The highest BCUT2D eigenvalue weighted by Gasteiger charge is 2.12. The Balaban J connectivity index is 2.23. The van der Waals surface area contributed by atoms with Gasteiger partial charge in [-0.15, -0.1) is 0 Å². The molecule has 0 heterocycles. The molecular formula is C16H16Br2ClN. The summed E-state index contributed by atoms with van der Waals surface area (Å²) in [6.45, 7) is 3.06. The van der Waals surface area contributed by atoms with Crippen LogP contribution in [0.5, 0.6) is 0 Å². The van der Waals surface area contributed by atoms with Gasteiger partial charge in [-0.25, -0.2) is 0 Å². The third kappa shape index (κ3) is 4.59. The fraction of sp³-hybridized carbons (Fsp3) is 0.250. The summed E-state index contributed by atoms with van der Waals surface area (Å²) in [5.74, 6) is 0. The van der Waals surface area contributed by atoms with Crippen molar-refractivity contribution in [1.82, 2.24) is 5.32 Å². The van der Waals surface area contributed by atoms with Crippen molar-refractivity contribution in [3.8, 4) is 0 Å². The number of hydrogen-bond donors (Lipinski definition) is 1. The molecule has 1 unspecified atom stereocenters. The van der Waals surface area contributed by atoms with Crippen molar-refractivity contribution in [3.63, 3.8) is 0 Å². The molecule has 0 bridgehead atoms. The highest BCUT2D eigenvalue weighted by Crippen LogP contribution is 2.26. The Kier molecular flexibility index (Phi) is 6.09. The van der Waals surface area contributed by atoms with Crippen LogP contribution in [0.25, 0.3) is 0 Å².